The number of fused-ring (bicyclic) bond motifs is 7. The molecule has 294 valence electrons. The van der Waals surface area contributed by atoms with Crippen molar-refractivity contribution in [1.29, 1.82) is 0 Å². The van der Waals surface area contributed by atoms with Gasteiger partial charge in [-0.2, -0.15) is 0 Å². The highest BCUT2D eigenvalue weighted by molar-refractivity contribution is 6.28. The van der Waals surface area contributed by atoms with Crippen LogP contribution in [0.2, 0.25) is 0 Å². The van der Waals surface area contributed by atoms with Crippen molar-refractivity contribution in [3.8, 4) is 79.0 Å². The van der Waals surface area contributed by atoms with Crippen molar-refractivity contribution in [2.45, 2.75) is 0 Å². The molecule has 0 saturated carbocycles. The Balaban J connectivity index is 1.11. The summed E-state index contributed by atoms with van der Waals surface area (Å²) in [7, 11) is 0. The van der Waals surface area contributed by atoms with Gasteiger partial charge in [0.1, 0.15) is 5.52 Å². The van der Waals surface area contributed by atoms with E-state index < -0.39 is 0 Å². The SMILES string of the molecule is c1ccc(-c2cccc(-c3nc(-c4cc(-c5ccccc5)cc(-c5ccccc5)c4)nc(-c4cc5ccc6ccc7nc(-c8ccccc8)oc7c6c5c5ccccc45)n3)c2)cc1. The minimum atomic E-state index is 0.592. The van der Waals surface area contributed by atoms with Crippen LogP contribution < -0.4 is 0 Å². The molecule has 5 nitrogen and oxygen atoms in total. The summed E-state index contributed by atoms with van der Waals surface area (Å²) >= 11 is 0. The smallest absolute Gasteiger partial charge is 0.227 e. The standard InChI is InChI=1S/C58H36N4O/c1-5-16-37(17-6-1)42-24-15-25-44(32-42)55-60-56(47-34-45(38-18-7-2-8-19-38)33-46(35-47)39-20-9-3-10-21-39)62-57(61-55)50-36-43-29-28-40-30-31-51-54(63-58(59-51)41-22-11-4-12-23-41)53(40)52(43)49-27-14-13-26-48(49)50/h1-36H. The first-order chi connectivity index (χ1) is 31.2. The van der Waals surface area contributed by atoms with E-state index >= 15 is 0 Å². The number of benzene rings is 10. The van der Waals surface area contributed by atoms with Gasteiger partial charge in [-0.3, -0.25) is 0 Å². The Bertz CT molecular complexity index is 3600. The van der Waals surface area contributed by atoms with Crippen molar-refractivity contribution >= 4 is 43.4 Å². The van der Waals surface area contributed by atoms with E-state index in [4.69, 9.17) is 24.4 Å². The Kier molecular flexibility index (Phi) is 8.75. The number of aromatic nitrogens is 4. The zero-order valence-electron chi connectivity index (χ0n) is 34.0. The van der Waals surface area contributed by atoms with Gasteiger partial charge in [-0.25, -0.2) is 19.9 Å². The lowest BCUT2D eigenvalue weighted by molar-refractivity contribution is 0.623. The maximum Gasteiger partial charge on any atom is 0.227 e. The molecule has 0 aliphatic rings. The topological polar surface area (TPSA) is 64.7 Å². The molecule has 2 heterocycles. The first kappa shape index (κ1) is 36.3. The summed E-state index contributed by atoms with van der Waals surface area (Å²) in [4.78, 5) is 21.0. The molecule has 0 aliphatic heterocycles. The highest BCUT2D eigenvalue weighted by atomic mass is 16.3. The zero-order chi connectivity index (χ0) is 41.7. The van der Waals surface area contributed by atoms with Crippen LogP contribution in [0.4, 0.5) is 0 Å². The minimum Gasteiger partial charge on any atom is -0.435 e. The third-order valence-corrected chi connectivity index (χ3v) is 11.9. The van der Waals surface area contributed by atoms with Gasteiger partial charge in [0.15, 0.2) is 23.1 Å². The molecule has 12 rings (SSSR count). The molecule has 0 fully saturated rings. The second kappa shape index (κ2) is 15.2. The maximum atomic E-state index is 6.65. The molecular formula is C58H36N4O. The summed E-state index contributed by atoms with van der Waals surface area (Å²) in [6.45, 7) is 0. The Morgan fingerprint density at radius 2 is 0.762 bits per heavy atom. The van der Waals surface area contributed by atoms with E-state index in [1.165, 1.54) is 0 Å². The highest BCUT2D eigenvalue weighted by Crippen LogP contribution is 2.42. The largest absolute Gasteiger partial charge is 0.435 e. The Hall–Kier alpha value is -8.54. The Labute approximate surface area is 363 Å². The van der Waals surface area contributed by atoms with Crippen molar-refractivity contribution in [1.82, 2.24) is 19.9 Å². The quantitative estimate of drug-likeness (QED) is 0.150. The summed E-state index contributed by atoms with van der Waals surface area (Å²) in [5.74, 6) is 2.38. The Morgan fingerprint density at radius 1 is 0.286 bits per heavy atom. The van der Waals surface area contributed by atoms with Crippen LogP contribution in [-0.2, 0) is 0 Å². The van der Waals surface area contributed by atoms with Gasteiger partial charge in [0.25, 0.3) is 0 Å². The summed E-state index contributed by atoms with van der Waals surface area (Å²) in [6.07, 6.45) is 0. The second-order valence-corrected chi connectivity index (χ2v) is 15.8. The van der Waals surface area contributed by atoms with Gasteiger partial charge in [0.05, 0.1) is 0 Å². The molecule has 0 amide bonds. The zero-order valence-corrected chi connectivity index (χ0v) is 34.0. The molecule has 0 saturated heterocycles. The molecule has 0 radical (unpaired) electrons. The second-order valence-electron chi connectivity index (χ2n) is 15.8. The van der Waals surface area contributed by atoms with E-state index in [0.717, 1.165) is 99.1 Å². The van der Waals surface area contributed by atoms with Gasteiger partial charge in [-0.1, -0.05) is 170 Å². The lowest BCUT2D eigenvalue weighted by atomic mass is 9.92. The lowest BCUT2D eigenvalue weighted by Crippen LogP contribution is -2.01. The van der Waals surface area contributed by atoms with Crippen molar-refractivity contribution in [3.63, 3.8) is 0 Å². The van der Waals surface area contributed by atoms with Crippen LogP contribution in [0, 0.1) is 0 Å². The molecule has 0 aliphatic carbocycles. The van der Waals surface area contributed by atoms with Crippen LogP contribution >= 0.6 is 0 Å². The van der Waals surface area contributed by atoms with Gasteiger partial charge >= 0.3 is 0 Å². The van der Waals surface area contributed by atoms with E-state index in [1.54, 1.807) is 0 Å². The molecule has 0 atom stereocenters. The molecule has 5 heteroatoms. The summed E-state index contributed by atoms with van der Waals surface area (Å²) in [5.41, 5.74) is 11.9. The van der Waals surface area contributed by atoms with Crippen LogP contribution in [0.3, 0.4) is 0 Å². The van der Waals surface area contributed by atoms with Crippen molar-refractivity contribution in [2.75, 3.05) is 0 Å². The summed E-state index contributed by atoms with van der Waals surface area (Å²) in [6, 6.07) is 75.9. The predicted octanol–water partition coefficient (Wildman–Crippen LogP) is 15.1. The van der Waals surface area contributed by atoms with Crippen LogP contribution in [0.15, 0.2) is 223 Å². The number of oxazole rings is 1. The highest BCUT2D eigenvalue weighted by Gasteiger charge is 2.20. The van der Waals surface area contributed by atoms with Crippen LogP contribution in [0.1, 0.15) is 0 Å². The predicted molar refractivity (Wildman–Crippen MR) is 258 cm³/mol. The van der Waals surface area contributed by atoms with Gasteiger partial charge in [0, 0.05) is 33.0 Å². The van der Waals surface area contributed by atoms with Gasteiger partial charge in [0.2, 0.25) is 5.89 Å². The van der Waals surface area contributed by atoms with Gasteiger partial charge in [-0.05, 0) is 103 Å². The van der Waals surface area contributed by atoms with Crippen LogP contribution in [-0.4, -0.2) is 19.9 Å². The molecule has 12 aromatic rings. The van der Waals surface area contributed by atoms with Gasteiger partial charge < -0.3 is 4.42 Å². The third-order valence-electron chi connectivity index (χ3n) is 11.9. The van der Waals surface area contributed by atoms with E-state index in [9.17, 15) is 0 Å². The van der Waals surface area contributed by atoms with Crippen molar-refractivity contribution < 1.29 is 4.42 Å². The first-order valence-electron chi connectivity index (χ1n) is 21.1. The third kappa shape index (κ3) is 6.60. The molecule has 0 bridgehead atoms. The molecule has 0 spiro atoms. The fraction of sp³-hybridized carbons (Fsp3) is 0. The van der Waals surface area contributed by atoms with Crippen LogP contribution in [0.25, 0.3) is 122 Å². The summed E-state index contributed by atoms with van der Waals surface area (Å²) in [5, 5.41) is 6.37. The summed E-state index contributed by atoms with van der Waals surface area (Å²) < 4.78 is 6.65. The maximum absolute atomic E-state index is 6.65. The molecule has 0 unspecified atom stereocenters. The monoisotopic (exact) mass is 804 g/mol. The van der Waals surface area contributed by atoms with E-state index in [0.29, 0.717) is 23.4 Å². The van der Waals surface area contributed by atoms with E-state index in [-0.39, 0.29) is 0 Å². The number of hydrogen-bond donors (Lipinski definition) is 0. The normalized spacial score (nSPS) is 11.5. The Morgan fingerprint density at radius 3 is 1.43 bits per heavy atom. The molecule has 2 aromatic heterocycles. The number of rotatable bonds is 7. The van der Waals surface area contributed by atoms with Crippen molar-refractivity contribution in [2.24, 2.45) is 0 Å². The van der Waals surface area contributed by atoms with E-state index in [1.807, 2.05) is 54.6 Å². The fourth-order valence-electron chi connectivity index (χ4n) is 8.85. The first-order valence-corrected chi connectivity index (χ1v) is 21.1. The molecular weight excluding hydrogens is 769 g/mol. The number of nitrogens with zero attached hydrogens (tertiary/aromatic N) is 4. The molecule has 63 heavy (non-hydrogen) atoms. The van der Waals surface area contributed by atoms with E-state index in [2.05, 4.69) is 164 Å². The van der Waals surface area contributed by atoms with Gasteiger partial charge in [-0.15, -0.1) is 0 Å². The molecule has 0 N–H and O–H groups in total. The minimum absolute atomic E-state index is 0.592. The lowest BCUT2D eigenvalue weighted by Gasteiger charge is -2.15. The number of hydrogen-bond acceptors (Lipinski definition) is 5. The average Bonchev–Trinajstić information content (AvgIpc) is 3.82. The average molecular weight is 805 g/mol. The fourth-order valence-corrected chi connectivity index (χ4v) is 8.85. The van der Waals surface area contributed by atoms with Crippen LogP contribution in [0.5, 0.6) is 0 Å². The van der Waals surface area contributed by atoms with Crippen molar-refractivity contribution in [3.05, 3.63) is 218 Å². The molecule has 10 aromatic carbocycles.